The van der Waals surface area contributed by atoms with E-state index in [1.54, 1.807) is 43.5 Å². The second kappa shape index (κ2) is 9.32. The zero-order valence-electron chi connectivity index (χ0n) is 17.9. The second-order valence-electron chi connectivity index (χ2n) is 9.16. The van der Waals surface area contributed by atoms with Gasteiger partial charge in [0.1, 0.15) is 17.4 Å². The summed E-state index contributed by atoms with van der Waals surface area (Å²) in [5, 5.41) is 0. The number of hydrogen-bond donors (Lipinski definition) is 0. The van der Waals surface area contributed by atoms with Crippen LogP contribution >= 0.6 is 0 Å². The summed E-state index contributed by atoms with van der Waals surface area (Å²) in [5.41, 5.74) is 1.42. The molecule has 0 saturated heterocycles. The van der Waals surface area contributed by atoms with Crippen molar-refractivity contribution in [1.82, 2.24) is 0 Å². The topological polar surface area (TPSA) is 9.23 Å². The highest BCUT2D eigenvalue weighted by molar-refractivity contribution is 5.66. The number of ether oxygens (including phenoxy) is 1. The van der Waals surface area contributed by atoms with Crippen LogP contribution in [0.4, 0.5) is 8.78 Å². The first-order valence-electron chi connectivity index (χ1n) is 11.3. The Bertz CT molecular complexity index is 850. The lowest BCUT2D eigenvalue weighted by atomic mass is 9.63. The van der Waals surface area contributed by atoms with Crippen LogP contribution in [0, 0.1) is 29.4 Å². The van der Waals surface area contributed by atoms with E-state index in [-0.39, 0.29) is 11.5 Å². The summed E-state index contributed by atoms with van der Waals surface area (Å²) in [6.45, 7) is 3.85. The van der Waals surface area contributed by atoms with Gasteiger partial charge in [-0.25, -0.2) is 8.78 Å². The molecular weight excluding hydrogens is 378 g/mol. The molecule has 0 amide bonds. The van der Waals surface area contributed by atoms with Gasteiger partial charge < -0.3 is 4.74 Å². The fourth-order valence-electron chi connectivity index (χ4n) is 5.77. The minimum atomic E-state index is -0.467. The molecule has 2 aliphatic rings. The molecule has 2 saturated carbocycles. The van der Waals surface area contributed by atoms with E-state index in [4.69, 9.17) is 4.74 Å². The zero-order valence-corrected chi connectivity index (χ0v) is 17.9. The zero-order chi connectivity index (χ0) is 21.1. The average Bonchev–Trinajstić information content (AvgIpc) is 2.77. The van der Waals surface area contributed by atoms with Crippen molar-refractivity contribution in [1.29, 1.82) is 0 Å². The van der Waals surface area contributed by atoms with E-state index in [0.29, 0.717) is 17.2 Å². The maximum Gasteiger partial charge on any atom is 0.134 e. The summed E-state index contributed by atoms with van der Waals surface area (Å²) < 4.78 is 35.1. The van der Waals surface area contributed by atoms with Crippen LogP contribution in [-0.4, -0.2) is 7.11 Å². The molecule has 2 aliphatic carbocycles. The molecule has 4 atom stereocenters. The summed E-state index contributed by atoms with van der Waals surface area (Å²) in [4.78, 5) is 0. The molecule has 160 valence electrons. The third-order valence-corrected chi connectivity index (χ3v) is 7.42. The molecule has 2 aromatic rings. The standard InChI is InChI=1S/C27H32F2O/c1-3-4-5-18-6-7-21-15-22(9-8-20(21)14-18)23-16-25(28)27(26(29)17-23)19-10-12-24(30-2)13-11-19/h3,10-13,16-18,20-22H,1,4-9,14-15H2,2H3. The lowest BCUT2D eigenvalue weighted by molar-refractivity contribution is 0.115. The van der Waals surface area contributed by atoms with Crippen LogP contribution in [-0.2, 0) is 0 Å². The van der Waals surface area contributed by atoms with Crippen LogP contribution in [0.2, 0.25) is 0 Å². The highest BCUT2D eigenvalue weighted by atomic mass is 19.1. The quantitative estimate of drug-likeness (QED) is 0.440. The van der Waals surface area contributed by atoms with Crippen LogP contribution in [0.5, 0.6) is 5.75 Å². The van der Waals surface area contributed by atoms with Crippen LogP contribution in [0.3, 0.4) is 0 Å². The summed E-state index contributed by atoms with van der Waals surface area (Å²) >= 11 is 0. The highest BCUT2D eigenvalue weighted by Crippen LogP contribution is 2.48. The third kappa shape index (κ3) is 4.45. The number of allylic oxidation sites excluding steroid dienone is 1. The van der Waals surface area contributed by atoms with Gasteiger partial charge in [0.05, 0.1) is 12.7 Å². The van der Waals surface area contributed by atoms with E-state index < -0.39 is 11.6 Å². The number of fused-ring (bicyclic) bond motifs is 1. The Morgan fingerprint density at radius 1 is 0.967 bits per heavy atom. The summed E-state index contributed by atoms with van der Waals surface area (Å²) in [6, 6.07) is 10.0. The predicted octanol–water partition coefficient (Wildman–Crippen LogP) is 7.91. The van der Waals surface area contributed by atoms with Gasteiger partial charge >= 0.3 is 0 Å². The van der Waals surface area contributed by atoms with Crippen molar-refractivity contribution in [3.05, 3.63) is 66.3 Å². The van der Waals surface area contributed by atoms with Crippen LogP contribution in [0.25, 0.3) is 11.1 Å². The van der Waals surface area contributed by atoms with Crippen molar-refractivity contribution in [2.75, 3.05) is 7.11 Å². The van der Waals surface area contributed by atoms with Crippen molar-refractivity contribution in [3.8, 4) is 16.9 Å². The number of hydrogen-bond acceptors (Lipinski definition) is 1. The molecular formula is C27H32F2O. The Kier molecular flexibility index (Phi) is 6.55. The van der Waals surface area contributed by atoms with E-state index in [1.165, 1.54) is 32.1 Å². The first-order chi connectivity index (χ1) is 14.6. The maximum atomic E-state index is 15.0. The summed E-state index contributed by atoms with van der Waals surface area (Å²) in [6.07, 6.45) is 11.6. The molecule has 2 fully saturated rings. The molecule has 0 bridgehead atoms. The van der Waals surface area contributed by atoms with Crippen molar-refractivity contribution in [3.63, 3.8) is 0 Å². The molecule has 0 spiro atoms. The minimum absolute atomic E-state index is 0.0535. The Morgan fingerprint density at radius 2 is 1.63 bits per heavy atom. The van der Waals surface area contributed by atoms with Gasteiger partial charge in [0.15, 0.2) is 0 Å². The number of methoxy groups -OCH3 is 1. The van der Waals surface area contributed by atoms with Gasteiger partial charge in [0.2, 0.25) is 0 Å². The number of rotatable bonds is 6. The normalized spacial score (nSPS) is 26.1. The minimum Gasteiger partial charge on any atom is -0.497 e. The lowest BCUT2D eigenvalue weighted by Crippen LogP contribution is -2.30. The van der Waals surface area contributed by atoms with E-state index in [0.717, 1.165) is 36.7 Å². The molecule has 0 heterocycles. The molecule has 0 radical (unpaired) electrons. The molecule has 0 aromatic heterocycles. The van der Waals surface area contributed by atoms with Crippen LogP contribution in [0.1, 0.15) is 62.8 Å². The Labute approximate surface area is 179 Å². The smallest absolute Gasteiger partial charge is 0.134 e. The largest absolute Gasteiger partial charge is 0.497 e. The predicted molar refractivity (Wildman–Crippen MR) is 119 cm³/mol. The molecule has 4 rings (SSSR count). The van der Waals surface area contributed by atoms with Crippen LogP contribution in [0.15, 0.2) is 49.1 Å². The van der Waals surface area contributed by atoms with Gasteiger partial charge in [-0.1, -0.05) is 24.6 Å². The summed E-state index contributed by atoms with van der Waals surface area (Å²) in [5.74, 6) is 2.33. The molecule has 4 unspecified atom stereocenters. The molecule has 3 heteroatoms. The molecule has 0 N–H and O–H groups in total. The van der Waals surface area contributed by atoms with Crippen molar-refractivity contribution in [2.45, 2.75) is 57.3 Å². The van der Waals surface area contributed by atoms with Gasteiger partial charge in [-0.3, -0.25) is 0 Å². The average molecular weight is 411 g/mol. The Hall–Kier alpha value is -2.16. The third-order valence-electron chi connectivity index (χ3n) is 7.42. The Balaban J connectivity index is 1.47. The SMILES string of the molecule is C=CCCC1CCC2CC(c3cc(F)c(-c4ccc(OC)cc4)c(F)c3)CCC2C1. The second-order valence-corrected chi connectivity index (χ2v) is 9.16. The van der Waals surface area contributed by atoms with E-state index in [1.807, 2.05) is 6.08 Å². The fraction of sp³-hybridized carbons (Fsp3) is 0.481. The van der Waals surface area contributed by atoms with E-state index in [9.17, 15) is 8.78 Å². The van der Waals surface area contributed by atoms with Gasteiger partial charge in [-0.2, -0.15) is 0 Å². The maximum absolute atomic E-state index is 15.0. The lowest BCUT2D eigenvalue weighted by Gasteiger charge is -2.42. The van der Waals surface area contributed by atoms with Gasteiger partial charge in [-0.15, -0.1) is 6.58 Å². The Morgan fingerprint density at radius 3 is 2.30 bits per heavy atom. The highest BCUT2D eigenvalue weighted by Gasteiger charge is 2.36. The van der Waals surface area contributed by atoms with Crippen molar-refractivity contribution in [2.24, 2.45) is 17.8 Å². The fourth-order valence-corrected chi connectivity index (χ4v) is 5.77. The first-order valence-corrected chi connectivity index (χ1v) is 11.3. The summed E-state index contributed by atoms with van der Waals surface area (Å²) in [7, 11) is 1.58. The van der Waals surface area contributed by atoms with Crippen molar-refractivity contribution < 1.29 is 13.5 Å². The van der Waals surface area contributed by atoms with E-state index in [2.05, 4.69) is 6.58 Å². The van der Waals surface area contributed by atoms with Crippen molar-refractivity contribution >= 4 is 0 Å². The number of halogens is 2. The molecule has 0 aliphatic heterocycles. The molecule has 30 heavy (non-hydrogen) atoms. The first kappa shape index (κ1) is 21.1. The van der Waals surface area contributed by atoms with E-state index >= 15 is 0 Å². The number of benzene rings is 2. The van der Waals surface area contributed by atoms with Crippen LogP contribution < -0.4 is 4.74 Å². The van der Waals surface area contributed by atoms with Gasteiger partial charge in [0.25, 0.3) is 0 Å². The monoisotopic (exact) mass is 410 g/mol. The molecule has 1 nitrogen and oxygen atoms in total. The van der Waals surface area contributed by atoms with Gasteiger partial charge in [0, 0.05) is 0 Å². The van der Waals surface area contributed by atoms with Gasteiger partial charge in [-0.05, 0) is 104 Å². The molecule has 2 aromatic carbocycles.